The lowest BCUT2D eigenvalue weighted by atomic mass is 10.0. The maximum absolute atomic E-state index is 12.5. The molecule has 1 fully saturated rings. The topological polar surface area (TPSA) is 62.3 Å². The molecular weight excluding hydrogens is 274 g/mol. The van der Waals surface area contributed by atoms with Gasteiger partial charge in [-0.25, -0.2) is 4.98 Å². The van der Waals surface area contributed by atoms with Crippen LogP contribution in [0.25, 0.3) is 0 Å². The third kappa shape index (κ3) is 4.03. The molecule has 0 spiro atoms. The van der Waals surface area contributed by atoms with Crippen molar-refractivity contribution in [1.82, 2.24) is 15.2 Å². The van der Waals surface area contributed by atoms with E-state index < -0.39 is 0 Å². The highest BCUT2D eigenvalue weighted by Crippen LogP contribution is 2.13. The molecule has 1 aliphatic rings. The summed E-state index contributed by atoms with van der Waals surface area (Å²) in [5.74, 6) is 0.394. The summed E-state index contributed by atoms with van der Waals surface area (Å²) in [4.78, 5) is 30.2. The lowest BCUT2D eigenvalue weighted by Gasteiger charge is -2.24. The van der Waals surface area contributed by atoms with Crippen LogP contribution < -0.4 is 5.32 Å². The Balaban J connectivity index is 1.99. The van der Waals surface area contributed by atoms with Gasteiger partial charge in [0.05, 0.1) is 5.01 Å². The van der Waals surface area contributed by atoms with Crippen molar-refractivity contribution in [1.29, 1.82) is 0 Å². The number of hydrogen-bond donors (Lipinski definition) is 1. The molecular formula is C14H21N3O2S. The molecule has 2 amide bonds. The summed E-state index contributed by atoms with van der Waals surface area (Å²) < 4.78 is 0. The molecule has 1 aromatic rings. The molecule has 0 radical (unpaired) electrons. The van der Waals surface area contributed by atoms with Crippen LogP contribution in [0.5, 0.6) is 0 Å². The number of thiazole rings is 1. The van der Waals surface area contributed by atoms with Gasteiger partial charge >= 0.3 is 0 Å². The third-order valence-corrected chi connectivity index (χ3v) is 4.18. The van der Waals surface area contributed by atoms with Crippen LogP contribution in [0.15, 0.2) is 11.6 Å². The van der Waals surface area contributed by atoms with Gasteiger partial charge in [0.25, 0.3) is 0 Å². The number of hydrogen-bond acceptors (Lipinski definition) is 4. The van der Waals surface area contributed by atoms with Gasteiger partial charge in [0, 0.05) is 37.5 Å². The lowest BCUT2D eigenvalue weighted by Crippen LogP contribution is -2.45. The van der Waals surface area contributed by atoms with Gasteiger partial charge < -0.3 is 10.2 Å². The molecule has 0 bridgehead atoms. The van der Waals surface area contributed by atoms with Crippen LogP contribution in [0.4, 0.5) is 0 Å². The molecule has 6 heteroatoms. The standard InChI is InChI=1S/C14H21N3O2S/c1-10(2)9-11-14(19)17(6-3-12(18)16-11)7-4-13-15-5-8-20-13/h5,8,10-11H,3-4,6-7,9H2,1-2H3,(H,16,18). The zero-order valence-corrected chi connectivity index (χ0v) is 12.8. The minimum atomic E-state index is -0.374. The number of carbonyl (C=O) groups is 2. The third-order valence-electron chi connectivity index (χ3n) is 3.34. The van der Waals surface area contributed by atoms with Gasteiger partial charge in [-0.15, -0.1) is 11.3 Å². The molecule has 1 unspecified atom stereocenters. The molecule has 1 atom stereocenters. The Labute approximate surface area is 123 Å². The SMILES string of the molecule is CC(C)CC1NC(=O)CCN(CCc2nccs2)C1=O. The molecule has 0 aromatic carbocycles. The summed E-state index contributed by atoms with van der Waals surface area (Å²) in [6.07, 6.45) is 3.61. The number of rotatable bonds is 5. The van der Waals surface area contributed by atoms with E-state index in [4.69, 9.17) is 0 Å². The normalized spacial score (nSPS) is 20.1. The first kappa shape index (κ1) is 15.0. The van der Waals surface area contributed by atoms with Crippen LogP contribution in [-0.4, -0.2) is 40.8 Å². The molecule has 0 saturated carbocycles. The quantitative estimate of drug-likeness (QED) is 0.894. The van der Waals surface area contributed by atoms with Crippen molar-refractivity contribution < 1.29 is 9.59 Å². The van der Waals surface area contributed by atoms with Crippen molar-refractivity contribution >= 4 is 23.2 Å². The van der Waals surface area contributed by atoms with Crippen molar-refractivity contribution in [2.45, 2.75) is 39.2 Å². The van der Waals surface area contributed by atoms with E-state index in [1.54, 1.807) is 22.4 Å². The molecule has 20 heavy (non-hydrogen) atoms. The minimum absolute atomic E-state index is 0.0271. The summed E-state index contributed by atoms with van der Waals surface area (Å²) >= 11 is 1.60. The number of carbonyl (C=O) groups excluding carboxylic acids is 2. The molecule has 2 rings (SSSR count). The first-order chi connectivity index (χ1) is 9.56. The molecule has 0 aliphatic carbocycles. The zero-order valence-electron chi connectivity index (χ0n) is 12.0. The minimum Gasteiger partial charge on any atom is -0.344 e. The number of nitrogens with one attached hydrogen (secondary N) is 1. The summed E-state index contributed by atoms with van der Waals surface area (Å²) in [6.45, 7) is 5.26. The fraction of sp³-hybridized carbons (Fsp3) is 0.643. The van der Waals surface area contributed by atoms with Gasteiger partial charge in [-0.3, -0.25) is 9.59 Å². The fourth-order valence-electron chi connectivity index (χ4n) is 2.36. The van der Waals surface area contributed by atoms with Crippen LogP contribution in [0, 0.1) is 5.92 Å². The van der Waals surface area contributed by atoms with Gasteiger partial charge in [0.1, 0.15) is 6.04 Å². The molecule has 5 nitrogen and oxygen atoms in total. The van der Waals surface area contributed by atoms with E-state index in [1.807, 2.05) is 5.38 Å². The molecule has 2 heterocycles. The Morgan fingerprint density at radius 1 is 1.50 bits per heavy atom. The maximum Gasteiger partial charge on any atom is 0.245 e. The van der Waals surface area contributed by atoms with Crippen LogP contribution in [0.1, 0.15) is 31.7 Å². The Kier molecular flexibility index (Phi) is 5.11. The smallest absolute Gasteiger partial charge is 0.245 e. The zero-order chi connectivity index (χ0) is 14.5. The predicted molar refractivity (Wildman–Crippen MR) is 78.4 cm³/mol. The van der Waals surface area contributed by atoms with Crippen molar-refractivity contribution in [3.8, 4) is 0 Å². The molecule has 110 valence electrons. The highest BCUT2D eigenvalue weighted by atomic mass is 32.1. The second kappa shape index (κ2) is 6.83. The largest absolute Gasteiger partial charge is 0.344 e. The van der Waals surface area contributed by atoms with E-state index in [-0.39, 0.29) is 17.9 Å². The van der Waals surface area contributed by atoms with E-state index in [1.165, 1.54) is 0 Å². The van der Waals surface area contributed by atoms with Crippen molar-refractivity contribution in [2.24, 2.45) is 5.92 Å². The maximum atomic E-state index is 12.5. The lowest BCUT2D eigenvalue weighted by molar-refractivity contribution is -0.133. The van der Waals surface area contributed by atoms with E-state index in [2.05, 4.69) is 24.1 Å². The van der Waals surface area contributed by atoms with Crippen LogP contribution in [0.2, 0.25) is 0 Å². The Bertz CT molecular complexity index is 459. The van der Waals surface area contributed by atoms with E-state index in [9.17, 15) is 9.59 Å². The average Bonchev–Trinajstić information content (AvgIpc) is 2.85. The fourth-order valence-corrected chi connectivity index (χ4v) is 2.97. The first-order valence-corrected chi connectivity index (χ1v) is 7.90. The summed E-state index contributed by atoms with van der Waals surface area (Å²) in [5.41, 5.74) is 0. The molecule has 1 aromatic heterocycles. The predicted octanol–water partition coefficient (Wildman–Crippen LogP) is 1.45. The highest BCUT2D eigenvalue weighted by molar-refractivity contribution is 7.09. The van der Waals surface area contributed by atoms with Gasteiger partial charge in [-0.2, -0.15) is 0 Å². The monoisotopic (exact) mass is 295 g/mol. The van der Waals surface area contributed by atoms with Gasteiger partial charge in [0.15, 0.2) is 0 Å². The Hall–Kier alpha value is -1.43. The summed E-state index contributed by atoms with van der Waals surface area (Å²) in [5, 5.41) is 5.81. The number of amides is 2. The summed E-state index contributed by atoms with van der Waals surface area (Å²) in [7, 11) is 0. The second-order valence-corrected chi connectivity index (χ2v) is 6.48. The Morgan fingerprint density at radius 2 is 2.30 bits per heavy atom. The second-order valence-electron chi connectivity index (χ2n) is 5.50. The van der Waals surface area contributed by atoms with E-state index in [0.29, 0.717) is 31.8 Å². The molecule has 1 N–H and O–H groups in total. The van der Waals surface area contributed by atoms with Crippen molar-refractivity contribution in [3.05, 3.63) is 16.6 Å². The van der Waals surface area contributed by atoms with Gasteiger partial charge in [0.2, 0.25) is 11.8 Å². The van der Waals surface area contributed by atoms with Gasteiger partial charge in [-0.05, 0) is 12.3 Å². The highest BCUT2D eigenvalue weighted by Gasteiger charge is 2.29. The van der Waals surface area contributed by atoms with E-state index in [0.717, 1.165) is 11.4 Å². The molecule has 1 aliphatic heterocycles. The Morgan fingerprint density at radius 3 is 2.95 bits per heavy atom. The summed E-state index contributed by atoms with van der Waals surface area (Å²) in [6, 6.07) is -0.374. The van der Waals surface area contributed by atoms with Crippen LogP contribution >= 0.6 is 11.3 Å². The average molecular weight is 295 g/mol. The first-order valence-electron chi connectivity index (χ1n) is 7.02. The van der Waals surface area contributed by atoms with E-state index >= 15 is 0 Å². The van der Waals surface area contributed by atoms with Crippen LogP contribution in [-0.2, 0) is 16.0 Å². The van der Waals surface area contributed by atoms with Crippen molar-refractivity contribution in [2.75, 3.05) is 13.1 Å². The number of nitrogens with zero attached hydrogens (tertiary/aromatic N) is 2. The molecule has 1 saturated heterocycles. The number of aromatic nitrogens is 1. The van der Waals surface area contributed by atoms with Crippen molar-refractivity contribution in [3.63, 3.8) is 0 Å². The van der Waals surface area contributed by atoms with Gasteiger partial charge in [-0.1, -0.05) is 13.8 Å². The van der Waals surface area contributed by atoms with Crippen LogP contribution in [0.3, 0.4) is 0 Å².